The molecular formula is C9H18N2O3. The average Bonchev–Trinajstić information content (AvgIpc) is 2.10. The van der Waals surface area contributed by atoms with Crippen LogP contribution >= 0.6 is 0 Å². The molecule has 0 saturated heterocycles. The highest BCUT2D eigenvalue weighted by molar-refractivity contribution is 5.81. The molecule has 0 bridgehead atoms. The summed E-state index contributed by atoms with van der Waals surface area (Å²) in [5, 5.41) is 11.3. The molecule has 0 aliphatic rings. The normalized spacial score (nSPS) is 14.5. The topological polar surface area (TPSA) is 92.4 Å². The van der Waals surface area contributed by atoms with E-state index in [1.165, 1.54) is 0 Å². The summed E-state index contributed by atoms with van der Waals surface area (Å²) in [6.45, 7) is 3.62. The Hall–Kier alpha value is -1.10. The number of carboxylic acids is 1. The minimum Gasteiger partial charge on any atom is -0.481 e. The molecule has 5 heteroatoms. The van der Waals surface area contributed by atoms with Gasteiger partial charge in [-0.1, -0.05) is 13.3 Å². The van der Waals surface area contributed by atoms with Crippen LogP contribution in [0.5, 0.6) is 0 Å². The molecule has 0 rings (SSSR count). The van der Waals surface area contributed by atoms with E-state index in [2.05, 4.69) is 5.32 Å². The molecule has 2 unspecified atom stereocenters. The summed E-state index contributed by atoms with van der Waals surface area (Å²) < 4.78 is 0. The summed E-state index contributed by atoms with van der Waals surface area (Å²) in [5.41, 5.74) is 5.31. The van der Waals surface area contributed by atoms with Crippen molar-refractivity contribution in [3.8, 4) is 0 Å². The van der Waals surface area contributed by atoms with E-state index in [1.807, 2.05) is 6.92 Å². The van der Waals surface area contributed by atoms with Gasteiger partial charge in [-0.15, -0.1) is 0 Å². The number of carboxylic acid groups (broad SMARTS) is 1. The fourth-order valence-corrected chi connectivity index (χ4v) is 1.05. The number of amides is 1. The fraction of sp³-hybridized carbons (Fsp3) is 0.778. The molecule has 5 nitrogen and oxygen atoms in total. The maximum Gasteiger partial charge on any atom is 0.308 e. The summed E-state index contributed by atoms with van der Waals surface area (Å²) in [6.07, 6.45) is 1.35. The number of hydrogen-bond acceptors (Lipinski definition) is 3. The summed E-state index contributed by atoms with van der Waals surface area (Å²) in [7, 11) is 0. The monoisotopic (exact) mass is 202 g/mol. The number of carbonyl (C=O) groups excluding carboxylic acids is 1. The first-order valence-corrected chi connectivity index (χ1v) is 4.75. The molecule has 0 saturated carbocycles. The van der Waals surface area contributed by atoms with Crippen molar-refractivity contribution in [2.75, 3.05) is 6.54 Å². The van der Waals surface area contributed by atoms with Crippen molar-refractivity contribution in [3.63, 3.8) is 0 Å². The van der Waals surface area contributed by atoms with Crippen LogP contribution in [0, 0.1) is 5.92 Å². The van der Waals surface area contributed by atoms with Crippen LogP contribution in [0.25, 0.3) is 0 Å². The van der Waals surface area contributed by atoms with Gasteiger partial charge in [0.2, 0.25) is 5.91 Å². The Morgan fingerprint density at radius 2 is 2.07 bits per heavy atom. The molecule has 14 heavy (non-hydrogen) atoms. The van der Waals surface area contributed by atoms with Crippen molar-refractivity contribution in [2.24, 2.45) is 11.7 Å². The highest BCUT2D eigenvalue weighted by Crippen LogP contribution is 2.04. The Bertz CT molecular complexity index is 204. The fourth-order valence-electron chi connectivity index (χ4n) is 1.05. The maximum absolute atomic E-state index is 11.0. The van der Waals surface area contributed by atoms with Crippen molar-refractivity contribution >= 4 is 11.9 Å². The van der Waals surface area contributed by atoms with E-state index < -0.39 is 17.9 Å². The van der Waals surface area contributed by atoms with Gasteiger partial charge in [-0.05, 0) is 13.3 Å². The molecule has 0 aliphatic carbocycles. The Kier molecular flexibility index (Phi) is 5.87. The van der Waals surface area contributed by atoms with E-state index in [0.717, 1.165) is 6.42 Å². The lowest BCUT2D eigenvalue weighted by molar-refractivity contribution is -0.142. The first-order valence-electron chi connectivity index (χ1n) is 4.75. The van der Waals surface area contributed by atoms with Crippen LogP contribution in [-0.4, -0.2) is 29.6 Å². The predicted octanol–water partition coefficient (Wildman–Crippen LogP) is -0.0493. The van der Waals surface area contributed by atoms with Crippen LogP contribution in [0.1, 0.15) is 26.7 Å². The Balaban J connectivity index is 3.93. The van der Waals surface area contributed by atoms with Crippen molar-refractivity contribution in [3.05, 3.63) is 0 Å². The van der Waals surface area contributed by atoms with Gasteiger partial charge in [-0.25, -0.2) is 0 Å². The predicted molar refractivity (Wildman–Crippen MR) is 52.7 cm³/mol. The van der Waals surface area contributed by atoms with E-state index in [9.17, 15) is 9.59 Å². The molecule has 0 fully saturated rings. The smallest absolute Gasteiger partial charge is 0.308 e. The molecule has 82 valence electrons. The summed E-state index contributed by atoms with van der Waals surface area (Å²) in [5.74, 6) is -1.70. The Labute approximate surface area is 83.7 Å². The lowest BCUT2D eigenvalue weighted by Gasteiger charge is -2.13. The van der Waals surface area contributed by atoms with E-state index >= 15 is 0 Å². The molecule has 0 aliphatic heterocycles. The molecule has 4 N–H and O–H groups in total. The van der Waals surface area contributed by atoms with E-state index in [-0.39, 0.29) is 12.5 Å². The molecule has 1 amide bonds. The van der Waals surface area contributed by atoms with Crippen LogP contribution in [0.15, 0.2) is 0 Å². The highest BCUT2D eigenvalue weighted by Gasteiger charge is 2.17. The van der Waals surface area contributed by atoms with Gasteiger partial charge in [0, 0.05) is 6.54 Å². The first kappa shape index (κ1) is 12.9. The number of hydrogen-bond donors (Lipinski definition) is 3. The van der Waals surface area contributed by atoms with E-state index in [4.69, 9.17) is 10.8 Å². The second-order valence-electron chi connectivity index (χ2n) is 3.36. The van der Waals surface area contributed by atoms with Crippen LogP contribution in [0.3, 0.4) is 0 Å². The van der Waals surface area contributed by atoms with Crippen LogP contribution in [0.4, 0.5) is 0 Å². The van der Waals surface area contributed by atoms with Gasteiger partial charge in [0.25, 0.3) is 0 Å². The summed E-state index contributed by atoms with van der Waals surface area (Å²) in [6, 6.07) is -0.592. The lowest BCUT2D eigenvalue weighted by atomic mass is 10.0. The summed E-state index contributed by atoms with van der Waals surface area (Å²) >= 11 is 0. The molecule has 0 spiro atoms. The zero-order chi connectivity index (χ0) is 11.1. The number of nitrogens with two attached hydrogens (primary N) is 1. The number of aliphatic carboxylic acids is 1. The molecule has 0 heterocycles. The number of nitrogens with one attached hydrogen (secondary N) is 1. The van der Waals surface area contributed by atoms with Gasteiger partial charge in [-0.2, -0.15) is 0 Å². The van der Waals surface area contributed by atoms with E-state index in [0.29, 0.717) is 6.42 Å². The molecule has 0 radical (unpaired) electrons. The minimum atomic E-state index is -0.878. The number of rotatable bonds is 6. The highest BCUT2D eigenvalue weighted by atomic mass is 16.4. The van der Waals surface area contributed by atoms with Gasteiger partial charge in [0.1, 0.15) is 0 Å². The average molecular weight is 202 g/mol. The van der Waals surface area contributed by atoms with Crippen molar-refractivity contribution in [2.45, 2.75) is 32.7 Å². The quantitative estimate of drug-likeness (QED) is 0.563. The molecule has 0 aromatic heterocycles. The van der Waals surface area contributed by atoms with Crippen LogP contribution in [-0.2, 0) is 9.59 Å². The van der Waals surface area contributed by atoms with Crippen LogP contribution < -0.4 is 11.1 Å². The lowest BCUT2D eigenvalue weighted by Crippen LogP contribution is -2.41. The van der Waals surface area contributed by atoms with Crippen molar-refractivity contribution < 1.29 is 14.7 Å². The minimum absolute atomic E-state index is 0.156. The standard InChI is InChI=1S/C9H18N2O3/c1-3-4-7(9(13)14)5-11-8(12)6(2)10/h6-7H,3-5,10H2,1-2H3,(H,11,12)(H,13,14). The van der Waals surface area contributed by atoms with E-state index in [1.54, 1.807) is 6.92 Å². The number of carbonyl (C=O) groups is 2. The zero-order valence-electron chi connectivity index (χ0n) is 8.62. The second-order valence-corrected chi connectivity index (χ2v) is 3.36. The SMILES string of the molecule is CCCC(CNC(=O)C(C)N)C(=O)O. The van der Waals surface area contributed by atoms with Crippen LogP contribution in [0.2, 0.25) is 0 Å². The van der Waals surface area contributed by atoms with Gasteiger partial charge in [0.15, 0.2) is 0 Å². The molecule has 2 atom stereocenters. The molecule has 0 aromatic carbocycles. The third-order valence-corrected chi connectivity index (χ3v) is 1.92. The first-order chi connectivity index (χ1) is 6.49. The van der Waals surface area contributed by atoms with Gasteiger partial charge < -0.3 is 16.2 Å². The largest absolute Gasteiger partial charge is 0.481 e. The Morgan fingerprint density at radius 3 is 2.43 bits per heavy atom. The van der Waals surface area contributed by atoms with Crippen molar-refractivity contribution in [1.29, 1.82) is 0 Å². The third-order valence-electron chi connectivity index (χ3n) is 1.92. The maximum atomic E-state index is 11.0. The second kappa shape index (κ2) is 6.37. The third kappa shape index (κ3) is 4.81. The molecular weight excluding hydrogens is 184 g/mol. The van der Waals surface area contributed by atoms with Gasteiger partial charge in [0.05, 0.1) is 12.0 Å². The van der Waals surface area contributed by atoms with Gasteiger partial charge in [-0.3, -0.25) is 9.59 Å². The zero-order valence-corrected chi connectivity index (χ0v) is 8.62. The summed E-state index contributed by atoms with van der Waals surface area (Å²) in [4.78, 5) is 21.7. The Morgan fingerprint density at radius 1 is 1.50 bits per heavy atom. The molecule has 0 aromatic rings. The van der Waals surface area contributed by atoms with Gasteiger partial charge >= 0.3 is 5.97 Å². The van der Waals surface area contributed by atoms with Crippen molar-refractivity contribution in [1.82, 2.24) is 5.32 Å².